The van der Waals surface area contributed by atoms with E-state index in [4.69, 9.17) is 44.3 Å². The van der Waals surface area contributed by atoms with Gasteiger partial charge in [-0.25, -0.2) is 0 Å². The van der Waals surface area contributed by atoms with E-state index in [1.807, 2.05) is 6.07 Å². The van der Waals surface area contributed by atoms with Crippen LogP contribution < -0.4 is 25.2 Å². The fourth-order valence-corrected chi connectivity index (χ4v) is 4.13. The summed E-state index contributed by atoms with van der Waals surface area (Å²) in [7, 11) is 1.58. The molecular formula is C25H22Cl3N3O4. The molecule has 35 heavy (non-hydrogen) atoms. The van der Waals surface area contributed by atoms with Gasteiger partial charge in [0.25, 0.3) is 0 Å². The van der Waals surface area contributed by atoms with E-state index in [0.29, 0.717) is 37.9 Å². The van der Waals surface area contributed by atoms with Crippen LogP contribution >= 0.6 is 34.8 Å². The normalized spacial score (nSPS) is 15.1. The van der Waals surface area contributed by atoms with Gasteiger partial charge in [0.1, 0.15) is 18.1 Å². The van der Waals surface area contributed by atoms with E-state index in [9.17, 15) is 9.59 Å². The van der Waals surface area contributed by atoms with E-state index in [1.165, 1.54) is 0 Å². The maximum absolute atomic E-state index is 12.8. The largest absolute Gasteiger partial charge is 0.497 e. The van der Waals surface area contributed by atoms with Crippen molar-refractivity contribution >= 4 is 58.0 Å². The second kappa shape index (κ2) is 11.1. The Morgan fingerprint density at radius 3 is 2.51 bits per heavy atom. The maximum Gasteiger partial charge on any atom is 0.243 e. The van der Waals surface area contributed by atoms with Crippen molar-refractivity contribution in [3.8, 4) is 11.5 Å². The van der Waals surface area contributed by atoms with E-state index in [0.717, 1.165) is 5.56 Å². The van der Waals surface area contributed by atoms with Crippen molar-refractivity contribution < 1.29 is 19.1 Å². The van der Waals surface area contributed by atoms with Gasteiger partial charge < -0.3 is 14.4 Å². The molecular weight excluding hydrogens is 513 g/mol. The van der Waals surface area contributed by atoms with Crippen molar-refractivity contribution in [1.82, 2.24) is 5.43 Å². The van der Waals surface area contributed by atoms with Crippen LogP contribution in [0.4, 0.5) is 11.4 Å². The Morgan fingerprint density at radius 1 is 1.03 bits per heavy atom. The van der Waals surface area contributed by atoms with Gasteiger partial charge in [0.2, 0.25) is 11.8 Å². The number of carbonyl (C=O) groups is 2. The molecule has 10 heteroatoms. The van der Waals surface area contributed by atoms with E-state index in [-0.39, 0.29) is 31.4 Å². The topological polar surface area (TPSA) is 79.9 Å². The predicted molar refractivity (Wildman–Crippen MR) is 137 cm³/mol. The number of rotatable bonds is 8. The summed E-state index contributed by atoms with van der Waals surface area (Å²) in [5, 5.41) is 1.36. The molecule has 0 spiro atoms. The summed E-state index contributed by atoms with van der Waals surface area (Å²) in [6.07, 6.45) is 0.107. The Morgan fingerprint density at radius 2 is 1.80 bits per heavy atom. The number of anilines is 2. The lowest BCUT2D eigenvalue weighted by molar-refractivity contribution is -0.125. The minimum absolute atomic E-state index is 0.107. The van der Waals surface area contributed by atoms with E-state index >= 15 is 0 Å². The van der Waals surface area contributed by atoms with Crippen LogP contribution in [-0.2, 0) is 16.2 Å². The third kappa shape index (κ3) is 6.11. The van der Waals surface area contributed by atoms with Gasteiger partial charge in [-0.1, -0.05) is 40.9 Å². The lowest BCUT2D eigenvalue weighted by Gasteiger charge is -2.18. The van der Waals surface area contributed by atoms with E-state index in [2.05, 4.69) is 10.9 Å². The SMILES string of the molecule is COc1ccc(N2C[C@@H](C(=O)NNc3cc(Cl)ccc3OCc3ccc(Cl)c(Cl)c3)CC2=O)cc1. The number of methoxy groups -OCH3 is 1. The molecule has 2 N–H and O–H groups in total. The van der Waals surface area contributed by atoms with E-state index in [1.54, 1.807) is 66.6 Å². The molecule has 1 saturated heterocycles. The van der Waals surface area contributed by atoms with Gasteiger partial charge >= 0.3 is 0 Å². The van der Waals surface area contributed by atoms with Crippen molar-refractivity contribution in [2.45, 2.75) is 13.0 Å². The first kappa shape index (κ1) is 25.0. The van der Waals surface area contributed by atoms with Crippen LogP contribution in [0.1, 0.15) is 12.0 Å². The quantitative estimate of drug-likeness (QED) is 0.361. The summed E-state index contributed by atoms with van der Waals surface area (Å²) in [5.74, 6) is 0.214. The lowest BCUT2D eigenvalue weighted by Crippen LogP contribution is -2.36. The summed E-state index contributed by atoms with van der Waals surface area (Å²) < 4.78 is 11.1. The van der Waals surface area contributed by atoms with Crippen LogP contribution in [-0.4, -0.2) is 25.5 Å². The number of halogens is 3. The predicted octanol–water partition coefficient (Wildman–Crippen LogP) is 5.73. The number of hydrogen-bond acceptors (Lipinski definition) is 5. The van der Waals surface area contributed by atoms with Gasteiger partial charge in [-0.2, -0.15) is 0 Å². The van der Waals surface area contributed by atoms with Gasteiger partial charge in [0, 0.05) is 23.7 Å². The van der Waals surface area contributed by atoms with Crippen molar-refractivity contribution in [3.63, 3.8) is 0 Å². The molecule has 0 saturated carbocycles. The molecule has 4 rings (SSSR count). The molecule has 1 heterocycles. The molecule has 0 bridgehead atoms. The average molecular weight is 535 g/mol. The fourth-order valence-electron chi connectivity index (χ4n) is 3.64. The fraction of sp³-hybridized carbons (Fsp3) is 0.200. The van der Waals surface area contributed by atoms with Crippen LogP contribution in [0.25, 0.3) is 0 Å². The molecule has 182 valence electrons. The number of ether oxygens (including phenoxy) is 2. The highest BCUT2D eigenvalue weighted by Crippen LogP contribution is 2.30. The minimum atomic E-state index is -0.517. The maximum atomic E-state index is 12.8. The first-order chi connectivity index (χ1) is 16.8. The monoisotopic (exact) mass is 533 g/mol. The zero-order valence-electron chi connectivity index (χ0n) is 18.7. The van der Waals surface area contributed by atoms with Crippen molar-refractivity contribution in [2.24, 2.45) is 5.92 Å². The summed E-state index contributed by atoms with van der Waals surface area (Å²) in [5.41, 5.74) is 7.55. The Hall–Kier alpha value is -3.13. The lowest BCUT2D eigenvalue weighted by atomic mass is 10.1. The van der Waals surface area contributed by atoms with Gasteiger partial charge in [-0.05, 0) is 60.2 Å². The molecule has 1 aliphatic heterocycles. The van der Waals surface area contributed by atoms with Crippen LogP contribution in [0.3, 0.4) is 0 Å². The number of nitrogens with one attached hydrogen (secondary N) is 2. The Labute approximate surface area is 217 Å². The zero-order chi connectivity index (χ0) is 24.9. The third-order valence-electron chi connectivity index (χ3n) is 5.52. The first-order valence-electron chi connectivity index (χ1n) is 10.7. The number of nitrogens with zero attached hydrogens (tertiary/aromatic N) is 1. The molecule has 7 nitrogen and oxygen atoms in total. The highest BCUT2D eigenvalue weighted by atomic mass is 35.5. The van der Waals surface area contributed by atoms with Crippen molar-refractivity contribution in [2.75, 3.05) is 24.0 Å². The third-order valence-corrected chi connectivity index (χ3v) is 6.49. The molecule has 0 aliphatic carbocycles. The first-order valence-corrected chi connectivity index (χ1v) is 11.8. The molecule has 1 aliphatic rings. The van der Waals surface area contributed by atoms with Crippen molar-refractivity contribution in [3.05, 3.63) is 81.3 Å². The summed E-state index contributed by atoms with van der Waals surface area (Å²) in [4.78, 5) is 26.9. The molecule has 3 aromatic rings. The van der Waals surface area contributed by atoms with Crippen LogP contribution in [0.2, 0.25) is 15.1 Å². The second-order valence-electron chi connectivity index (χ2n) is 7.90. The number of amides is 2. The zero-order valence-corrected chi connectivity index (χ0v) is 21.0. The number of carbonyl (C=O) groups excluding carboxylic acids is 2. The molecule has 0 radical (unpaired) electrons. The summed E-state index contributed by atoms with van der Waals surface area (Å²) in [6.45, 7) is 0.504. The number of benzene rings is 3. The Balaban J connectivity index is 1.38. The minimum Gasteiger partial charge on any atom is -0.497 e. The molecule has 2 amide bonds. The average Bonchev–Trinajstić information content (AvgIpc) is 3.25. The van der Waals surface area contributed by atoms with Crippen LogP contribution in [0.5, 0.6) is 11.5 Å². The molecule has 1 fully saturated rings. The molecule has 0 unspecified atom stereocenters. The van der Waals surface area contributed by atoms with E-state index < -0.39 is 5.92 Å². The van der Waals surface area contributed by atoms with Gasteiger partial charge in [-0.15, -0.1) is 0 Å². The summed E-state index contributed by atoms with van der Waals surface area (Å²) >= 11 is 18.2. The Bertz CT molecular complexity index is 1240. The highest BCUT2D eigenvalue weighted by molar-refractivity contribution is 6.42. The molecule has 1 atom stereocenters. The molecule has 3 aromatic carbocycles. The standard InChI is InChI=1S/C25H22Cl3N3O4/c1-34-19-6-4-18(5-7-19)31-13-16(11-24(31)32)25(33)30-29-22-12-17(26)3-9-23(22)35-14-15-2-8-20(27)21(28)10-15/h2-10,12,16,29H,11,13-14H2,1H3,(H,30,33)/t16-/m0/s1. The smallest absolute Gasteiger partial charge is 0.243 e. The highest BCUT2D eigenvalue weighted by Gasteiger charge is 2.35. The van der Waals surface area contributed by atoms with Crippen molar-refractivity contribution in [1.29, 1.82) is 0 Å². The second-order valence-corrected chi connectivity index (χ2v) is 9.15. The van der Waals surface area contributed by atoms with Gasteiger partial charge in [0.15, 0.2) is 0 Å². The van der Waals surface area contributed by atoms with Crippen LogP contribution in [0, 0.1) is 5.92 Å². The van der Waals surface area contributed by atoms with Gasteiger partial charge in [0.05, 0.1) is 28.8 Å². The number of hydrogen-bond donors (Lipinski definition) is 2. The number of hydrazine groups is 1. The molecule has 0 aromatic heterocycles. The summed E-state index contributed by atoms with van der Waals surface area (Å²) in [6, 6.07) is 17.4. The van der Waals surface area contributed by atoms with Crippen LogP contribution in [0.15, 0.2) is 60.7 Å². The Kier molecular flexibility index (Phi) is 7.90. The van der Waals surface area contributed by atoms with Gasteiger partial charge in [-0.3, -0.25) is 20.4 Å².